The molecule has 0 saturated carbocycles. The highest BCUT2D eigenvalue weighted by atomic mass is 32.1. The van der Waals surface area contributed by atoms with Crippen molar-refractivity contribution >= 4 is 22.3 Å². The molecule has 1 aromatic rings. The van der Waals surface area contributed by atoms with Gasteiger partial charge in [0.05, 0.1) is 18.1 Å². The van der Waals surface area contributed by atoms with Crippen LogP contribution >= 0.6 is 11.3 Å². The summed E-state index contributed by atoms with van der Waals surface area (Å²) < 4.78 is 5.06. The number of nitrogens with zero attached hydrogens (tertiary/aromatic N) is 1. The van der Waals surface area contributed by atoms with Crippen LogP contribution in [0, 0.1) is 11.3 Å². The fourth-order valence-electron chi connectivity index (χ4n) is 2.27. The topological polar surface area (TPSA) is 76.1 Å². The number of rotatable bonds is 2. The van der Waals surface area contributed by atoms with E-state index in [0.717, 1.165) is 29.7 Å². The van der Waals surface area contributed by atoms with Crippen molar-refractivity contribution in [2.24, 2.45) is 0 Å². The van der Waals surface area contributed by atoms with Crippen LogP contribution < -0.4 is 5.73 Å². The second kappa shape index (κ2) is 4.76. The molecular weight excluding hydrogens is 236 g/mol. The predicted octanol–water partition coefficient (Wildman–Crippen LogP) is 2.18. The van der Waals surface area contributed by atoms with Gasteiger partial charge in [-0.15, -0.1) is 11.3 Å². The van der Waals surface area contributed by atoms with E-state index in [1.807, 2.05) is 0 Å². The van der Waals surface area contributed by atoms with E-state index < -0.39 is 0 Å². The Bertz CT molecular complexity index is 487. The van der Waals surface area contributed by atoms with Gasteiger partial charge in [-0.2, -0.15) is 5.26 Å². The van der Waals surface area contributed by atoms with E-state index in [-0.39, 0.29) is 11.9 Å². The molecular formula is C12H14N2O2S. The third kappa shape index (κ3) is 2.01. The minimum Gasteiger partial charge on any atom is -0.466 e. The summed E-state index contributed by atoms with van der Waals surface area (Å²) in [5.74, 6) is -0.537. The summed E-state index contributed by atoms with van der Waals surface area (Å²) in [5, 5.41) is 9.64. The van der Waals surface area contributed by atoms with E-state index in [1.54, 1.807) is 6.92 Å². The standard InChI is InChI=1S/C12H14N2O2S/c1-2-16-12(15)7-4-3-5-9-10(7)8(6-13)11(14)17-9/h7H,2-5,14H2,1H3/t7-/m1/s1. The first-order chi connectivity index (χ1) is 8.19. The number of thiophene rings is 1. The van der Waals surface area contributed by atoms with Crippen LogP contribution in [0.25, 0.3) is 0 Å². The van der Waals surface area contributed by atoms with Gasteiger partial charge >= 0.3 is 5.97 Å². The molecule has 4 nitrogen and oxygen atoms in total. The van der Waals surface area contributed by atoms with Crippen LogP contribution in [-0.4, -0.2) is 12.6 Å². The molecule has 0 bridgehead atoms. The molecule has 2 rings (SSSR count). The Morgan fingerprint density at radius 1 is 1.71 bits per heavy atom. The van der Waals surface area contributed by atoms with Gasteiger partial charge < -0.3 is 10.5 Å². The maximum atomic E-state index is 11.9. The molecule has 1 heterocycles. The van der Waals surface area contributed by atoms with E-state index in [1.165, 1.54) is 11.3 Å². The number of nitriles is 1. The molecule has 0 aromatic carbocycles. The third-order valence-corrected chi connectivity index (χ3v) is 4.07. The van der Waals surface area contributed by atoms with Crippen LogP contribution in [0.15, 0.2) is 0 Å². The van der Waals surface area contributed by atoms with Gasteiger partial charge in [-0.3, -0.25) is 4.79 Å². The van der Waals surface area contributed by atoms with Gasteiger partial charge in [0.15, 0.2) is 0 Å². The molecule has 1 aliphatic carbocycles. The van der Waals surface area contributed by atoms with Crippen molar-refractivity contribution in [2.75, 3.05) is 12.3 Å². The lowest BCUT2D eigenvalue weighted by Crippen LogP contribution is -2.20. The lowest BCUT2D eigenvalue weighted by Gasteiger charge is -2.21. The normalized spacial score (nSPS) is 18.2. The molecule has 0 saturated heterocycles. The van der Waals surface area contributed by atoms with Gasteiger partial charge in [-0.1, -0.05) is 0 Å². The van der Waals surface area contributed by atoms with Gasteiger partial charge in [-0.05, 0) is 26.2 Å². The number of nitrogen functional groups attached to an aromatic ring is 1. The molecule has 2 N–H and O–H groups in total. The minimum absolute atomic E-state index is 0.234. The number of fused-ring (bicyclic) bond motifs is 1. The first kappa shape index (κ1) is 11.9. The summed E-state index contributed by atoms with van der Waals surface area (Å²) in [6, 6.07) is 2.11. The third-order valence-electron chi connectivity index (χ3n) is 2.98. The fourth-order valence-corrected chi connectivity index (χ4v) is 3.39. The zero-order valence-electron chi connectivity index (χ0n) is 9.66. The van der Waals surface area contributed by atoms with E-state index >= 15 is 0 Å². The molecule has 0 spiro atoms. The summed E-state index contributed by atoms with van der Waals surface area (Å²) in [4.78, 5) is 12.9. The number of nitrogens with two attached hydrogens (primary N) is 1. The monoisotopic (exact) mass is 250 g/mol. The molecule has 0 amide bonds. The van der Waals surface area contributed by atoms with Crippen molar-refractivity contribution in [2.45, 2.75) is 32.1 Å². The molecule has 0 fully saturated rings. The van der Waals surface area contributed by atoms with Crippen LogP contribution in [0.3, 0.4) is 0 Å². The second-order valence-corrected chi connectivity index (χ2v) is 5.12. The molecule has 1 atom stereocenters. The summed E-state index contributed by atoms with van der Waals surface area (Å²) in [6.45, 7) is 2.15. The molecule has 5 heteroatoms. The summed E-state index contributed by atoms with van der Waals surface area (Å²) in [7, 11) is 0. The maximum absolute atomic E-state index is 11.9. The minimum atomic E-state index is -0.304. The van der Waals surface area contributed by atoms with E-state index in [2.05, 4.69) is 6.07 Å². The van der Waals surface area contributed by atoms with Gasteiger partial charge in [0.25, 0.3) is 0 Å². The number of hydrogen-bond acceptors (Lipinski definition) is 5. The lowest BCUT2D eigenvalue weighted by atomic mass is 9.85. The van der Waals surface area contributed by atoms with E-state index in [9.17, 15) is 4.79 Å². The Balaban J connectivity index is 2.43. The van der Waals surface area contributed by atoms with Crippen molar-refractivity contribution < 1.29 is 9.53 Å². The molecule has 1 aliphatic rings. The van der Waals surface area contributed by atoms with E-state index in [4.69, 9.17) is 15.7 Å². The van der Waals surface area contributed by atoms with Crippen LogP contribution in [0.1, 0.15) is 41.7 Å². The van der Waals surface area contributed by atoms with Crippen molar-refractivity contribution in [3.05, 3.63) is 16.0 Å². The average Bonchev–Trinajstić information content (AvgIpc) is 2.64. The Labute approximate surface area is 104 Å². The molecule has 0 aliphatic heterocycles. The molecule has 90 valence electrons. The highest BCUT2D eigenvalue weighted by molar-refractivity contribution is 7.16. The molecule has 17 heavy (non-hydrogen) atoms. The van der Waals surface area contributed by atoms with Gasteiger partial charge in [0.1, 0.15) is 11.1 Å². The van der Waals surface area contributed by atoms with Crippen LogP contribution in [-0.2, 0) is 16.0 Å². The Morgan fingerprint density at radius 3 is 3.12 bits per heavy atom. The smallest absolute Gasteiger partial charge is 0.313 e. The number of carbonyl (C=O) groups is 1. The SMILES string of the molecule is CCOC(=O)[C@@H]1CCCc2sc(N)c(C#N)c21. The largest absolute Gasteiger partial charge is 0.466 e. The van der Waals surface area contributed by atoms with Crippen LogP contribution in [0.5, 0.6) is 0 Å². The zero-order chi connectivity index (χ0) is 12.4. The number of ether oxygens (including phenoxy) is 1. The Kier molecular flexibility index (Phi) is 3.34. The average molecular weight is 250 g/mol. The molecule has 0 radical (unpaired) electrons. The van der Waals surface area contributed by atoms with Gasteiger partial charge in [-0.25, -0.2) is 0 Å². The van der Waals surface area contributed by atoms with Crippen molar-refractivity contribution in [3.8, 4) is 6.07 Å². The number of carbonyl (C=O) groups excluding carboxylic acids is 1. The predicted molar refractivity (Wildman–Crippen MR) is 65.8 cm³/mol. The zero-order valence-corrected chi connectivity index (χ0v) is 10.5. The molecule has 1 aromatic heterocycles. The number of esters is 1. The van der Waals surface area contributed by atoms with Crippen LogP contribution in [0.2, 0.25) is 0 Å². The van der Waals surface area contributed by atoms with Crippen molar-refractivity contribution in [3.63, 3.8) is 0 Å². The maximum Gasteiger partial charge on any atom is 0.313 e. The first-order valence-corrected chi connectivity index (χ1v) is 6.48. The number of aryl methyl sites for hydroxylation is 1. The van der Waals surface area contributed by atoms with Gasteiger partial charge in [0, 0.05) is 10.4 Å². The van der Waals surface area contributed by atoms with Crippen molar-refractivity contribution in [1.82, 2.24) is 0 Å². The first-order valence-electron chi connectivity index (χ1n) is 5.66. The highest BCUT2D eigenvalue weighted by Gasteiger charge is 2.33. The summed E-state index contributed by atoms with van der Waals surface area (Å²) in [6.07, 6.45) is 2.60. The summed E-state index contributed by atoms with van der Waals surface area (Å²) in [5.41, 5.74) is 7.11. The Morgan fingerprint density at radius 2 is 2.47 bits per heavy atom. The second-order valence-electron chi connectivity index (χ2n) is 3.99. The van der Waals surface area contributed by atoms with E-state index in [0.29, 0.717) is 17.2 Å². The quantitative estimate of drug-likeness (QED) is 0.816. The molecule has 0 unspecified atom stereocenters. The van der Waals surface area contributed by atoms with Crippen LogP contribution in [0.4, 0.5) is 5.00 Å². The van der Waals surface area contributed by atoms with Gasteiger partial charge in [0.2, 0.25) is 0 Å². The number of hydrogen-bond donors (Lipinski definition) is 1. The lowest BCUT2D eigenvalue weighted by molar-refractivity contribution is -0.145. The fraction of sp³-hybridized carbons (Fsp3) is 0.500. The highest BCUT2D eigenvalue weighted by Crippen LogP contribution is 2.42. The summed E-state index contributed by atoms with van der Waals surface area (Å²) >= 11 is 1.43. The van der Waals surface area contributed by atoms with Crippen molar-refractivity contribution in [1.29, 1.82) is 5.26 Å². The number of anilines is 1. The Hall–Kier alpha value is -1.54.